The molecule has 1 nitrogen and oxygen atoms in total. The second-order valence-electron chi connectivity index (χ2n) is 3.77. The zero-order chi connectivity index (χ0) is 11.4. The van der Waals surface area contributed by atoms with Gasteiger partial charge >= 0.3 is 0 Å². The summed E-state index contributed by atoms with van der Waals surface area (Å²) in [5, 5.41) is 3.33. The molecule has 1 aromatic heterocycles. The van der Waals surface area contributed by atoms with Crippen LogP contribution >= 0.6 is 22.9 Å². The van der Waals surface area contributed by atoms with Gasteiger partial charge in [0, 0.05) is 5.38 Å². The topological polar surface area (TPSA) is 12.9 Å². The molecule has 2 rings (SSSR count). The number of benzene rings is 1. The Hall–Kier alpha value is -0.860. The Balaban J connectivity index is 1.91. The van der Waals surface area contributed by atoms with Crippen LogP contribution in [0.15, 0.2) is 35.7 Å². The van der Waals surface area contributed by atoms with Crippen LogP contribution in [0, 0.1) is 6.92 Å². The van der Waals surface area contributed by atoms with Crippen molar-refractivity contribution in [2.45, 2.75) is 25.1 Å². The van der Waals surface area contributed by atoms with Crippen LogP contribution < -0.4 is 0 Å². The van der Waals surface area contributed by atoms with Crippen LogP contribution in [-0.4, -0.2) is 4.98 Å². The van der Waals surface area contributed by atoms with Gasteiger partial charge in [-0.1, -0.05) is 30.3 Å². The maximum atomic E-state index is 6.34. The second kappa shape index (κ2) is 5.46. The fraction of sp³-hybridized carbons (Fsp3) is 0.308. The van der Waals surface area contributed by atoms with Crippen molar-refractivity contribution in [1.82, 2.24) is 4.98 Å². The largest absolute Gasteiger partial charge is 0.247 e. The molecular formula is C13H14ClNS. The summed E-state index contributed by atoms with van der Waals surface area (Å²) in [6, 6.07) is 10.2. The van der Waals surface area contributed by atoms with E-state index in [1.807, 2.05) is 25.1 Å². The standard InChI is InChI=1S/C13H14ClNS/c1-10-15-12(9-16-10)7-8-13(14)11-5-3-2-4-6-11/h2-6,9,13H,7-8H2,1H3. The first-order chi connectivity index (χ1) is 7.75. The third kappa shape index (κ3) is 3.06. The summed E-state index contributed by atoms with van der Waals surface area (Å²) in [6.07, 6.45) is 1.89. The molecule has 0 aliphatic carbocycles. The van der Waals surface area contributed by atoms with Crippen LogP contribution in [0.5, 0.6) is 0 Å². The first-order valence-corrected chi connectivity index (χ1v) is 6.67. The van der Waals surface area contributed by atoms with Crippen molar-refractivity contribution in [1.29, 1.82) is 0 Å². The van der Waals surface area contributed by atoms with E-state index < -0.39 is 0 Å². The Morgan fingerprint density at radius 2 is 2.06 bits per heavy atom. The van der Waals surface area contributed by atoms with E-state index in [9.17, 15) is 0 Å². The van der Waals surface area contributed by atoms with E-state index in [1.54, 1.807) is 11.3 Å². The van der Waals surface area contributed by atoms with Crippen molar-refractivity contribution in [2.75, 3.05) is 0 Å². The molecule has 2 aromatic rings. The Kier molecular flexibility index (Phi) is 3.97. The van der Waals surface area contributed by atoms with Gasteiger partial charge in [-0.15, -0.1) is 22.9 Å². The molecular weight excluding hydrogens is 238 g/mol. The van der Waals surface area contributed by atoms with Crippen LogP contribution in [0.4, 0.5) is 0 Å². The van der Waals surface area contributed by atoms with Crippen LogP contribution in [0.25, 0.3) is 0 Å². The molecule has 0 saturated carbocycles. The number of hydrogen-bond donors (Lipinski definition) is 0. The zero-order valence-electron chi connectivity index (χ0n) is 9.19. The lowest BCUT2D eigenvalue weighted by molar-refractivity contribution is 0.778. The first kappa shape index (κ1) is 11.6. The molecule has 0 amide bonds. The van der Waals surface area contributed by atoms with Gasteiger partial charge in [-0.2, -0.15) is 0 Å². The minimum atomic E-state index is 0.0863. The number of aromatic nitrogens is 1. The predicted octanol–water partition coefficient (Wildman–Crippen LogP) is 4.36. The summed E-state index contributed by atoms with van der Waals surface area (Å²) in [5.41, 5.74) is 2.35. The molecule has 0 spiro atoms. The van der Waals surface area contributed by atoms with E-state index in [0.29, 0.717) is 0 Å². The van der Waals surface area contributed by atoms with Crippen molar-refractivity contribution in [3.05, 3.63) is 52.0 Å². The number of alkyl halides is 1. The highest BCUT2D eigenvalue weighted by Gasteiger charge is 2.08. The highest BCUT2D eigenvalue weighted by molar-refractivity contribution is 7.09. The SMILES string of the molecule is Cc1nc(CCC(Cl)c2ccccc2)cs1. The number of hydrogen-bond acceptors (Lipinski definition) is 2. The van der Waals surface area contributed by atoms with Gasteiger partial charge in [0.15, 0.2) is 0 Å². The van der Waals surface area contributed by atoms with E-state index in [-0.39, 0.29) is 5.38 Å². The predicted molar refractivity (Wildman–Crippen MR) is 70.2 cm³/mol. The maximum Gasteiger partial charge on any atom is 0.0897 e. The summed E-state index contributed by atoms with van der Waals surface area (Å²) in [7, 11) is 0. The zero-order valence-corrected chi connectivity index (χ0v) is 10.8. The molecule has 1 heterocycles. The smallest absolute Gasteiger partial charge is 0.0897 e. The number of nitrogens with zero attached hydrogens (tertiary/aromatic N) is 1. The molecule has 0 radical (unpaired) electrons. The molecule has 0 fully saturated rings. The van der Waals surface area contributed by atoms with Gasteiger partial charge in [0.25, 0.3) is 0 Å². The third-order valence-electron chi connectivity index (χ3n) is 2.48. The molecule has 0 aliphatic rings. The molecule has 0 bridgehead atoms. The molecule has 3 heteroatoms. The van der Waals surface area contributed by atoms with E-state index >= 15 is 0 Å². The first-order valence-electron chi connectivity index (χ1n) is 5.36. The maximum absolute atomic E-state index is 6.34. The molecule has 1 aromatic carbocycles. The van der Waals surface area contributed by atoms with Crippen molar-refractivity contribution < 1.29 is 0 Å². The molecule has 0 N–H and O–H groups in total. The Morgan fingerprint density at radius 1 is 1.31 bits per heavy atom. The van der Waals surface area contributed by atoms with Crippen LogP contribution in [0.1, 0.15) is 28.1 Å². The third-order valence-corrected chi connectivity index (χ3v) is 3.77. The van der Waals surface area contributed by atoms with Crippen LogP contribution in [0.3, 0.4) is 0 Å². The Bertz CT molecular complexity index is 438. The lowest BCUT2D eigenvalue weighted by Crippen LogP contribution is -1.94. The quantitative estimate of drug-likeness (QED) is 0.736. The normalized spacial score (nSPS) is 12.6. The summed E-state index contributed by atoms with van der Waals surface area (Å²) in [6.45, 7) is 2.03. The highest BCUT2D eigenvalue weighted by Crippen LogP contribution is 2.25. The molecule has 16 heavy (non-hydrogen) atoms. The van der Waals surface area contributed by atoms with Crippen molar-refractivity contribution in [2.24, 2.45) is 0 Å². The lowest BCUT2D eigenvalue weighted by Gasteiger charge is -2.08. The summed E-state index contributed by atoms with van der Waals surface area (Å²) in [4.78, 5) is 4.44. The Morgan fingerprint density at radius 3 is 2.69 bits per heavy atom. The molecule has 1 unspecified atom stereocenters. The van der Waals surface area contributed by atoms with Gasteiger partial charge < -0.3 is 0 Å². The van der Waals surface area contributed by atoms with Crippen LogP contribution in [0.2, 0.25) is 0 Å². The van der Waals surface area contributed by atoms with Crippen molar-refractivity contribution in [3.63, 3.8) is 0 Å². The summed E-state index contributed by atoms with van der Waals surface area (Å²) in [5.74, 6) is 0. The minimum absolute atomic E-state index is 0.0863. The monoisotopic (exact) mass is 251 g/mol. The summed E-state index contributed by atoms with van der Waals surface area (Å²) < 4.78 is 0. The molecule has 0 aliphatic heterocycles. The highest BCUT2D eigenvalue weighted by atomic mass is 35.5. The van der Waals surface area contributed by atoms with E-state index in [1.165, 1.54) is 5.56 Å². The van der Waals surface area contributed by atoms with Gasteiger partial charge in [-0.3, -0.25) is 0 Å². The average Bonchev–Trinajstić information content (AvgIpc) is 2.73. The molecule has 0 saturated heterocycles. The van der Waals surface area contributed by atoms with Gasteiger partial charge in [0.1, 0.15) is 0 Å². The Labute approximate surface area is 105 Å². The second-order valence-corrected chi connectivity index (χ2v) is 5.36. The fourth-order valence-electron chi connectivity index (χ4n) is 1.63. The van der Waals surface area contributed by atoms with E-state index in [2.05, 4.69) is 22.5 Å². The molecule has 1 atom stereocenters. The van der Waals surface area contributed by atoms with Crippen molar-refractivity contribution in [3.8, 4) is 0 Å². The fourth-order valence-corrected chi connectivity index (χ4v) is 2.53. The van der Waals surface area contributed by atoms with E-state index in [0.717, 1.165) is 23.5 Å². The molecule has 84 valence electrons. The number of aryl methyl sites for hydroxylation is 2. The van der Waals surface area contributed by atoms with Gasteiger partial charge in [0.2, 0.25) is 0 Å². The average molecular weight is 252 g/mol. The summed E-state index contributed by atoms with van der Waals surface area (Å²) >= 11 is 8.04. The number of halogens is 1. The number of rotatable bonds is 4. The number of thiazole rings is 1. The van der Waals surface area contributed by atoms with Crippen LogP contribution in [-0.2, 0) is 6.42 Å². The van der Waals surface area contributed by atoms with Gasteiger partial charge in [-0.05, 0) is 25.3 Å². The lowest BCUT2D eigenvalue weighted by atomic mass is 10.1. The van der Waals surface area contributed by atoms with E-state index in [4.69, 9.17) is 11.6 Å². The van der Waals surface area contributed by atoms with Crippen molar-refractivity contribution >= 4 is 22.9 Å². The van der Waals surface area contributed by atoms with Gasteiger partial charge in [0.05, 0.1) is 16.1 Å². The minimum Gasteiger partial charge on any atom is -0.247 e. The van der Waals surface area contributed by atoms with Gasteiger partial charge in [-0.25, -0.2) is 4.98 Å².